The predicted octanol–water partition coefficient (Wildman–Crippen LogP) is 5.57. The highest BCUT2D eigenvalue weighted by atomic mass is 32.1. The second-order valence-electron chi connectivity index (χ2n) is 9.09. The molecule has 0 aliphatic heterocycles. The summed E-state index contributed by atoms with van der Waals surface area (Å²) >= 11 is 1.53. The standard InChI is InChI=1S/C30H34N6O3S/c1-36(2)29-25(20-31)27(21-8-5-10-23(18-21)38-4)28(40-29)26-12-14-33-30(35-26)34-22-9-6-11-24(19-22)39-16-7-13-32-15-17-37-3/h5-6,8-12,14,18-19,32H,7,13,15-17H2,1-4H3,(H,33,34,35). The van der Waals surface area contributed by atoms with Gasteiger partial charge in [-0.15, -0.1) is 11.3 Å². The number of anilines is 3. The van der Waals surface area contributed by atoms with E-state index in [2.05, 4.69) is 21.7 Å². The molecule has 2 N–H and O–H groups in total. The zero-order valence-electron chi connectivity index (χ0n) is 23.2. The molecule has 40 heavy (non-hydrogen) atoms. The summed E-state index contributed by atoms with van der Waals surface area (Å²) in [7, 11) is 7.20. The number of nitriles is 1. The van der Waals surface area contributed by atoms with E-state index < -0.39 is 0 Å². The van der Waals surface area contributed by atoms with E-state index in [1.807, 2.05) is 73.6 Å². The van der Waals surface area contributed by atoms with Crippen LogP contribution in [0.4, 0.5) is 16.6 Å². The number of methoxy groups -OCH3 is 2. The molecule has 208 valence electrons. The molecule has 2 heterocycles. The second kappa shape index (κ2) is 14.3. The molecule has 2 aromatic carbocycles. The smallest absolute Gasteiger partial charge is 0.227 e. The Balaban J connectivity index is 1.56. The van der Waals surface area contributed by atoms with Crippen LogP contribution in [0.25, 0.3) is 21.7 Å². The van der Waals surface area contributed by atoms with Crippen molar-refractivity contribution in [1.82, 2.24) is 15.3 Å². The van der Waals surface area contributed by atoms with Crippen LogP contribution in [0, 0.1) is 11.3 Å². The van der Waals surface area contributed by atoms with Crippen LogP contribution in [0.2, 0.25) is 0 Å². The summed E-state index contributed by atoms with van der Waals surface area (Å²) in [6.07, 6.45) is 2.61. The number of hydrogen-bond donors (Lipinski definition) is 2. The van der Waals surface area contributed by atoms with Gasteiger partial charge in [0.15, 0.2) is 0 Å². The Bertz CT molecular complexity index is 1450. The van der Waals surface area contributed by atoms with Gasteiger partial charge in [-0.25, -0.2) is 9.97 Å². The topological polar surface area (TPSA) is 105 Å². The Kier molecular flexibility index (Phi) is 10.3. The van der Waals surface area contributed by atoms with Crippen molar-refractivity contribution in [3.05, 3.63) is 66.4 Å². The van der Waals surface area contributed by atoms with E-state index in [0.29, 0.717) is 24.7 Å². The Labute approximate surface area is 239 Å². The second-order valence-corrected chi connectivity index (χ2v) is 10.1. The third-order valence-corrected chi connectivity index (χ3v) is 7.37. The largest absolute Gasteiger partial charge is 0.497 e. The molecular weight excluding hydrogens is 524 g/mol. The predicted molar refractivity (Wildman–Crippen MR) is 161 cm³/mol. The third-order valence-electron chi connectivity index (χ3n) is 5.99. The Morgan fingerprint density at radius 1 is 1.00 bits per heavy atom. The first kappa shape index (κ1) is 28.8. The van der Waals surface area contributed by atoms with Crippen LogP contribution in [-0.2, 0) is 4.74 Å². The zero-order chi connectivity index (χ0) is 28.3. The lowest BCUT2D eigenvalue weighted by molar-refractivity contribution is 0.198. The van der Waals surface area contributed by atoms with Crippen LogP contribution in [0.5, 0.6) is 11.5 Å². The lowest BCUT2D eigenvalue weighted by atomic mass is 10.00. The van der Waals surface area contributed by atoms with E-state index in [0.717, 1.165) is 63.4 Å². The third kappa shape index (κ3) is 7.27. The number of nitrogens with one attached hydrogen (secondary N) is 2. The lowest BCUT2D eigenvalue weighted by Gasteiger charge is -2.11. The normalized spacial score (nSPS) is 10.7. The van der Waals surface area contributed by atoms with Gasteiger partial charge in [-0.05, 0) is 48.9 Å². The molecule has 0 fully saturated rings. The maximum atomic E-state index is 10.1. The lowest BCUT2D eigenvalue weighted by Crippen LogP contribution is -2.21. The van der Waals surface area contributed by atoms with Gasteiger partial charge in [0, 0.05) is 51.3 Å². The minimum atomic E-state index is 0.451. The highest BCUT2D eigenvalue weighted by Crippen LogP contribution is 2.46. The summed E-state index contributed by atoms with van der Waals surface area (Å²) in [5, 5.41) is 17.6. The number of nitrogens with zero attached hydrogens (tertiary/aromatic N) is 4. The fourth-order valence-corrected chi connectivity index (χ4v) is 5.26. The fraction of sp³-hybridized carbons (Fsp3) is 0.300. The van der Waals surface area contributed by atoms with Crippen molar-refractivity contribution in [2.45, 2.75) is 6.42 Å². The summed E-state index contributed by atoms with van der Waals surface area (Å²) < 4.78 is 16.4. The molecular formula is C30H34N6O3S. The van der Waals surface area contributed by atoms with Gasteiger partial charge >= 0.3 is 0 Å². The van der Waals surface area contributed by atoms with Crippen LogP contribution in [0.3, 0.4) is 0 Å². The number of ether oxygens (including phenoxy) is 3. The van der Waals surface area contributed by atoms with Crippen LogP contribution >= 0.6 is 11.3 Å². The van der Waals surface area contributed by atoms with E-state index in [1.165, 1.54) is 11.3 Å². The van der Waals surface area contributed by atoms with Crippen LogP contribution < -0.4 is 25.0 Å². The molecule has 0 radical (unpaired) electrons. The van der Waals surface area contributed by atoms with E-state index in [9.17, 15) is 5.26 Å². The molecule has 0 bridgehead atoms. The number of hydrogen-bond acceptors (Lipinski definition) is 10. The summed E-state index contributed by atoms with van der Waals surface area (Å²) in [5.41, 5.74) is 3.86. The molecule has 0 saturated carbocycles. The summed E-state index contributed by atoms with van der Waals surface area (Å²) in [6, 6.07) is 19.7. The summed E-state index contributed by atoms with van der Waals surface area (Å²) in [4.78, 5) is 12.1. The molecule has 2 aromatic heterocycles. The van der Waals surface area contributed by atoms with Crippen molar-refractivity contribution in [3.63, 3.8) is 0 Å². The summed E-state index contributed by atoms with van der Waals surface area (Å²) in [6.45, 7) is 3.00. The van der Waals surface area contributed by atoms with Gasteiger partial charge < -0.3 is 29.7 Å². The highest BCUT2D eigenvalue weighted by Gasteiger charge is 2.23. The molecule has 9 nitrogen and oxygen atoms in total. The van der Waals surface area contributed by atoms with Gasteiger partial charge in [-0.2, -0.15) is 5.26 Å². The van der Waals surface area contributed by atoms with Crippen LogP contribution in [0.1, 0.15) is 12.0 Å². The minimum Gasteiger partial charge on any atom is -0.497 e. The Hall–Kier alpha value is -4.17. The van der Waals surface area contributed by atoms with E-state index in [-0.39, 0.29) is 0 Å². The highest BCUT2D eigenvalue weighted by molar-refractivity contribution is 7.20. The van der Waals surface area contributed by atoms with Crippen molar-refractivity contribution in [3.8, 4) is 39.3 Å². The minimum absolute atomic E-state index is 0.451. The van der Waals surface area contributed by atoms with E-state index in [4.69, 9.17) is 19.2 Å². The number of rotatable bonds is 14. The Morgan fingerprint density at radius 2 is 1.82 bits per heavy atom. The molecule has 0 spiro atoms. The number of aromatic nitrogens is 2. The average molecular weight is 559 g/mol. The fourth-order valence-electron chi connectivity index (χ4n) is 4.10. The van der Waals surface area contributed by atoms with E-state index in [1.54, 1.807) is 20.4 Å². The van der Waals surface area contributed by atoms with Crippen molar-refractivity contribution in [2.75, 3.05) is 64.8 Å². The maximum Gasteiger partial charge on any atom is 0.227 e. The SMILES string of the molecule is COCCNCCCOc1cccc(Nc2nccc(-c3sc(N(C)C)c(C#N)c3-c3cccc(OC)c3)n2)c1. The van der Waals surface area contributed by atoms with Crippen molar-refractivity contribution in [2.24, 2.45) is 0 Å². The molecule has 0 aliphatic rings. The molecule has 0 amide bonds. The molecule has 4 rings (SSSR count). The first-order valence-corrected chi connectivity index (χ1v) is 13.8. The molecule has 10 heteroatoms. The average Bonchev–Trinajstić information content (AvgIpc) is 3.37. The zero-order valence-corrected chi connectivity index (χ0v) is 24.0. The molecule has 0 atom stereocenters. The van der Waals surface area contributed by atoms with Crippen LogP contribution in [-0.4, -0.2) is 64.6 Å². The Morgan fingerprint density at radius 3 is 2.60 bits per heavy atom. The van der Waals surface area contributed by atoms with Crippen molar-refractivity contribution < 1.29 is 14.2 Å². The first-order chi connectivity index (χ1) is 19.5. The van der Waals surface area contributed by atoms with E-state index >= 15 is 0 Å². The van der Waals surface area contributed by atoms with Crippen LogP contribution in [0.15, 0.2) is 60.8 Å². The van der Waals surface area contributed by atoms with Crippen molar-refractivity contribution in [1.29, 1.82) is 5.26 Å². The van der Waals surface area contributed by atoms with Crippen molar-refractivity contribution >= 4 is 28.0 Å². The van der Waals surface area contributed by atoms with Gasteiger partial charge in [-0.1, -0.05) is 18.2 Å². The molecule has 4 aromatic rings. The number of benzene rings is 2. The molecule has 0 aliphatic carbocycles. The van der Waals surface area contributed by atoms with Gasteiger partial charge in [0.1, 0.15) is 22.6 Å². The molecule has 0 unspecified atom stereocenters. The van der Waals surface area contributed by atoms with Gasteiger partial charge in [0.25, 0.3) is 0 Å². The number of thiophene rings is 1. The molecule has 0 saturated heterocycles. The maximum absolute atomic E-state index is 10.1. The first-order valence-electron chi connectivity index (χ1n) is 13.0. The van der Waals surface area contributed by atoms with Gasteiger partial charge in [0.05, 0.1) is 36.5 Å². The quantitative estimate of drug-likeness (QED) is 0.192. The summed E-state index contributed by atoms with van der Waals surface area (Å²) in [5.74, 6) is 1.94. The van der Waals surface area contributed by atoms with Gasteiger partial charge in [-0.3, -0.25) is 0 Å². The monoisotopic (exact) mass is 558 g/mol. The van der Waals surface area contributed by atoms with Gasteiger partial charge in [0.2, 0.25) is 5.95 Å².